The van der Waals surface area contributed by atoms with E-state index in [0.29, 0.717) is 18.0 Å². The molecule has 160 valence electrons. The van der Waals surface area contributed by atoms with Gasteiger partial charge in [-0.1, -0.05) is 18.2 Å². The van der Waals surface area contributed by atoms with Crippen molar-refractivity contribution in [2.24, 2.45) is 4.99 Å². The van der Waals surface area contributed by atoms with Gasteiger partial charge in [0.05, 0.1) is 36.9 Å². The Morgan fingerprint density at radius 2 is 2.12 bits per heavy atom. The number of para-hydroxylation sites is 1. The first-order valence-corrected chi connectivity index (χ1v) is 10.9. The molecule has 1 N–H and O–H groups in total. The SMILES string of the molecule is COc1ccccc1Cn1c(-c2ccc3c(c2)NC(=O)CO3)csc1=Nc1cccnc1. The van der Waals surface area contributed by atoms with E-state index in [4.69, 9.17) is 14.5 Å². The first-order valence-electron chi connectivity index (χ1n) is 10.0. The Kier molecular flexibility index (Phi) is 5.43. The number of anilines is 1. The van der Waals surface area contributed by atoms with Crippen LogP contribution in [0.1, 0.15) is 5.56 Å². The molecule has 3 heterocycles. The van der Waals surface area contributed by atoms with Crippen molar-refractivity contribution < 1.29 is 14.3 Å². The maximum Gasteiger partial charge on any atom is 0.262 e. The second-order valence-corrected chi connectivity index (χ2v) is 8.01. The maximum atomic E-state index is 11.8. The van der Waals surface area contributed by atoms with E-state index < -0.39 is 0 Å². The van der Waals surface area contributed by atoms with E-state index in [1.54, 1.807) is 30.8 Å². The topological polar surface area (TPSA) is 77.7 Å². The standard InChI is InChI=1S/C24H20N4O3S/c1-30-21-7-3-2-5-17(21)13-28-20(15-32-24(28)26-18-6-4-10-25-12-18)16-8-9-22-19(11-16)27-23(29)14-31-22/h2-12,15H,13-14H2,1H3,(H,27,29). The number of aromatic nitrogens is 2. The fraction of sp³-hybridized carbons (Fsp3) is 0.125. The van der Waals surface area contributed by atoms with Gasteiger partial charge >= 0.3 is 0 Å². The summed E-state index contributed by atoms with van der Waals surface area (Å²) >= 11 is 1.55. The number of amides is 1. The molecule has 0 radical (unpaired) electrons. The van der Waals surface area contributed by atoms with Crippen molar-refractivity contribution in [2.75, 3.05) is 19.0 Å². The molecule has 7 nitrogen and oxygen atoms in total. The molecule has 32 heavy (non-hydrogen) atoms. The minimum atomic E-state index is -0.158. The molecule has 0 unspecified atom stereocenters. The van der Waals surface area contributed by atoms with Gasteiger partial charge in [0, 0.05) is 22.7 Å². The van der Waals surface area contributed by atoms with Gasteiger partial charge < -0.3 is 19.4 Å². The predicted molar refractivity (Wildman–Crippen MR) is 123 cm³/mol. The number of benzene rings is 2. The zero-order valence-electron chi connectivity index (χ0n) is 17.3. The van der Waals surface area contributed by atoms with Crippen LogP contribution in [0.2, 0.25) is 0 Å². The van der Waals surface area contributed by atoms with Crippen molar-refractivity contribution in [2.45, 2.75) is 6.54 Å². The second kappa shape index (κ2) is 8.68. The molecule has 1 amide bonds. The lowest BCUT2D eigenvalue weighted by Gasteiger charge is -2.19. The summed E-state index contributed by atoms with van der Waals surface area (Å²) in [5.74, 6) is 1.32. The van der Waals surface area contributed by atoms with Gasteiger partial charge in [-0.15, -0.1) is 11.3 Å². The van der Waals surface area contributed by atoms with Gasteiger partial charge in [0.15, 0.2) is 11.4 Å². The van der Waals surface area contributed by atoms with Crippen LogP contribution in [0.4, 0.5) is 11.4 Å². The molecule has 1 aliphatic heterocycles. The van der Waals surface area contributed by atoms with E-state index >= 15 is 0 Å². The maximum absolute atomic E-state index is 11.8. The molecular formula is C24H20N4O3S. The molecule has 2 aromatic heterocycles. The van der Waals surface area contributed by atoms with E-state index in [2.05, 4.69) is 20.2 Å². The van der Waals surface area contributed by atoms with Crippen molar-refractivity contribution in [1.29, 1.82) is 0 Å². The average molecular weight is 445 g/mol. The summed E-state index contributed by atoms with van der Waals surface area (Å²) < 4.78 is 13.2. The summed E-state index contributed by atoms with van der Waals surface area (Å²) in [5.41, 5.74) is 4.41. The molecule has 5 rings (SSSR count). The van der Waals surface area contributed by atoms with Crippen LogP contribution < -0.4 is 19.6 Å². The highest BCUT2D eigenvalue weighted by Crippen LogP contribution is 2.33. The van der Waals surface area contributed by atoms with E-state index in [0.717, 1.165) is 33.1 Å². The highest BCUT2D eigenvalue weighted by molar-refractivity contribution is 7.07. The van der Waals surface area contributed by atoms with E-state index in [1.165, 1.54) is 0 Å². The minimum Gasteiger partial charge on any atom is -0.496 e. The third-order valence-corrected chi connectivity index (χ3v) is 5.96. The number of hydrogen-bond acceptors (Lipinski definition) is 6. The number of fused-ring (bicyclic) bond motifs is 1. The Balaban J connectivity index is 1.64. The first kappa shape index (κ1) is 20.0. The summed E-state index contributed by atoms with van der Waals surface area (Å²) in [6, 6.07) is 17.5. The monoisotopic (exact) mass is 444 g/mol. The third kappa shape index (κ3) is 4.00. The molecule has 0 fully saturated rings. The van der Waals surface area contributed by atoms with Crippen LogP contribution in [0.25, 0.3) is 11.3 Å². The first-order chi connectivity index (χ1) is 15.7. The van der Waals surface area contributed by atoms with Crippen LogP contribution in [-0.4, -0.2) is 29.2 Å². The van der Waals surface area contributed by atoms with Crippen LogP contribution in [0.15, 0.2) is 77.4 Å². The average Bonchev–Trinajstić information content (AvgIpc) is 3.21. The summed E-state index contributed by atoms with van der Waals surface area (Å²) in [6.07, 6.45) is 3.46. The van der Waals surface area contributed by atoms with Gasteiger partial charge in [-0.3, -0.25) is 9.78 Å². The van der Waals surface area contributed by atoms with Crippen molar-refractivity contribution in [3.8, 4) is 22.8 Å². The van der Waals surface area contributed by atoms with E-state index in [-0.39, 0.29) is 12.5 Å². The number of carbonyl (C=O) groups is 1. The Morgan fingerprint density at radius 1 is 1.22 bits per heavy atom. The number of hydrogen-bond donors (Lipinski definition) is 1. The Hall–Kier alpha value is -3.91. The molecule has 4 aromatic rings. The summed E-state index contributed by atoms with van der Waals surface area (Å²) in [7, 11) is 1.67. The Morgan fingerprint density at radius 3 is 2.97 bits per heavy atom. The molecule has 0 bridgehead atoms. The minimum absolute atomic E-state index is 0.0345. The fourth-order valence-corrected chi connectivity index (χ4v) is 4.51. The third-order valence-electron chi connectivity index (χ3n) is 5.10. The lowest BCUT2D eigenvalue weighted by Crippen LogP contribution is -2.25. The van der Waals surface area contributed by atoms with Crippen LogP contribution >= 0.6 is 11.3 Å². The number of ether oxygens (including phenoxy) is 2. The van der Waals surface area contributed by atoms with Crippen molar-refractivity contribution in [3.63, 3.8) is 0 Å². The van der Waals surface area contributed by atoms with Crippen LogP contribution in [0.3, 0.4) is 0 Å². The van der Waals surface area contributed by atoms with Gasteiger partial charge in [-0.25, -0.2) is 4.99 Å². The number of nitrogens with zero attached hydrogens (tertiary/aromatic N) is 3. The summed E-state index contributed by atoms with van der Waals surface area (Å²) in [4.78, 5) is 21.6. The number of nitrogens with one attached hydrogen (secondary N) is 1. The van der Waals surface area contributed by atoms with Crippen LogP contribution in [0, 0.1) is 0 Å². The quantitative estimate of drug-likeness (QED) is 0.500. The van der Waals surface area contributed by atoms with Gasteiger partial charge in [-0.2, -0.15) is 0 Å². The normalized spacial score (nSPS) is 13.3. The number of thiazole rings is 1. The smallest absolute Gasteiger partial charge is 0.262 e. The molecule has 2 aromatic carbocycles. The largest absolute Gasteiger partial charge is 0.496 e. The van der Waals surface area contributed by atoms with Crippen molar-refractivity contribution in [1.82, 2.24) is 9.55 Å². The molecule has 0 spiro atoms. The van der Waals surface area contributed by atoms with Gasteiger partial charge in [0.25, 0.3) is 5.91 Å². The second-order valence-electron chi connectivity index (χ2n) is 7.17. The summed E-state index contributed by atoms with van der Waals surface area (Å²) in [6.45, 7) is 0.606. The van der Waals surface area contributed by atoms with E-state index in [9.17, 15) is 4.79 Å². The molecule has 1 aliphatic rings. The Bertz CT molecular complexity index is 1340. The summed E-state index contributed by atoms with van der Waals surface area (Å²) in [5, 5.41) is 4.95. The Labute approximate surface area is 188 Å². The number of carbonyl (C=O) groups excluding carboxylic acids is 1. The lowest BCUT2D eigenvalue weighted by molar-refractivity contribution is -0.118. The fourth-order valence-electron chi connectivity index (χ4n) is 3.58. The lowest BCUT2D eigenvalue weighted by atomic mass is 10.1. The van der Waals surface area contributed by atoms with Gasteiger partial charge in [0.1, 0.15) is 11.5 Å². The molecule has 0 atom stereocenters. The van der Waals surface area contributed by atoms with Crippen LogP contribution in [0.5, 0.6) is 11.5 Å². The van der Waals surface area contributed by atoms with Gasteiger partial charge in [0.2, 0.25) is 0 Å². The number of rotatable bonds is 5. The number of methoxy groups -OCH3 is 1. The van der Waals surface area contributed by atoms with Crippen LogP contribution in [-0.2, 0) is 11.3 Å². The highest BCUT2D eigenvalue weighted by Gasteiger charge is 2.18. The van der Waals surface area contributed by atoms with E-state index in [1.807, 2.05) is 54.6 Å². The molecule has 0 saturated heterocycles. The van der Waals surface area contributed by atoms with Crippen molar-refractivity contribution >= 4 is 28.6 Å². The predicted octanol–water partition coefficient (Wildman–Crippen LogP) is 4.23. The van der Waals surface area contributed by atoms with Crippen molar-refractivity contribution in [3.05, 3.63) is 82.7 Å². The van der Waals surface area contributed by atoms with Gasteiger partial charge in [-0.05, 0) is 36.4 Å². The highest BCUT2D eigenvalue weighted by atomic mass is 32.1. The molecular weight excluding hydrogens is 424 g/mol. The zero-order valence-corrected chi connectivity index (χ0v) is 18.1. The molecule has 0 saturated carbocycles. The molecule has 8 heteroatoms. The molecule has 0 aliphatic carbocycles. The number of pyridine rings is 1. The zero-order chi connectivity index (χ0) is 21.9.